The lowest BCUT2D eigenvalue weighted by Gasteiger charge is -2.26. The molecule has 1 aromatic heterocycles. The van der Waals surface area contributed by atoms with E-state index in [1.165, 1.54) is 4.31 Å². The molecule has 1 fully saturated rings. The van der Waals surface area contributed by atoms with Gasteiger partial charge < -0.3 is 10.0 Å². The van der Waals surface area contributed by atoms with Gasteiger partial charge in [-0.25, -0.2) is 8.42 Å². The highest BCUT2D eigenvalue weighted by Gasteiger charge is 2.38. The van der Waals surface area contributed by atoms with Crippen molar-refractivity contribution in [1.29, 1.82) is 0 Å². The van der Waals surface area contributed by atoms with Gasteiger partial charge in [0.25, 0.3) is 0 Å². The number of aryl methyl sites for hydroxylation is 1. The van der Waals surface area contributed by atoms with Gasteiger partial charge in [0, 0.05) is 37.4 Å². The van der Waals surface area contributed by atoms with E-state index in [1.807, 2.05) is 37.2 Å². The molecule has 2 unspecified atom stereocenters. The molecule has 0 saturated carbocycles. The van der Waals surface area contributed by atoms with Crippen molar-refractivity contribution in [2.75, 3.05) is 32.9 Å². The highest BCUT2D eigenvalue weighted by atomic mass is 32.2. The second-order valence-corrected chi connectivity index (χ2v) is 7.80. The first-order chi connectivity index (χ1) is 9.88. The van der Waals surface area contributed by atoms with E-state index in [0.29, 0.717) is 19.4 Å². The van der Waals surface area contributed by atoms with Gasteiger partial charge in [-0.3, -0.25) is 4.98 Å². The summed E-state index contributed by atoms with van der Waals surface area (Å²) < 4.78 is 26.5. The van der Waals surface area contributed by atoms with Crippen LogP contribution in [0.2, 0.25) is 0 Å². The third-order valence-electron chi connectivity index (χ3n) is 3.62. The molecule has 0 radical (unpaired) electrons. The van der Waals surface area contributed by atoms with Gasteiger partial charge in [0.05, 0.1) is 11.9 Å². The topological polar surface area (TPSA) is 73.7 Å². The molecule has 0 spiro atoms. The van der Waals surface area contributed by atoms with Crippen LogP contribution in [0.15, 0.2) is 24.4 Å². The normalized spacial score (nSPS) is 23.8. The molecule has 7 heteroatoms. The van der Waals surface area contributed by atoms with E-state index < -0.39 is 16.1 Å². The number of sulfonamides is 1. The molecule has 1 saturated heterocycles. The van der Waals surface area contributed by atoms with Crippen molar-refractivity contribution in [3.05, 3.63) is 30.1 Å². The first-order valence-corrected chi connectivity index (χ1v) is 8.71. The zero-order valence-corrected chi connectivity index (χ0v) is 13.3. The van der Waals surface area contributed by atoms with Crippen molar-refractivity contribution in [3.63, 3.8) is 0 Å². The lowest BCUT2D eigenvalue weighted by Crippen LogP contribution is -2.42. The zero-order valence-electron chi connectivity index (χ0n) is 12.5. The Morgan fingerprint density at radius 2 is 2.19 bits per heavy atom. The zero-order chi connectivity index (χ0) is 15.5. The molecule has 0 aromatic carbocycles. The average molecular weight is 313 g/mol. The van der Waals surface area contributed by atoms with Gasteiger partial charge in [-0.05, 0) is 32.6 Å². The van der Waals surface area contributed by atoms with Gasteiger partial charge in [-0.15, -0.1) is 0 Å². The van der Waals surface area contributed by atoms with E-state index in [4.69, 9.17) is 0 Å². The van der Waals surface area contributed by atoms with E-state index in [9.17, 15) is 13.5 Å². The lowest BCUT2D eigenvalue weighted by atomic mass is 10.2. The second-order valence-electron chi connectivity index (χ2n) is 5.76. The molecular formula is C14H23N3O3S. The summed E-state index contributed by atoms with van der Waals surface area (Å²) in [5.74, 6) is 0.0284. The predicted molar refractivity (Wildman–Crippen MR) is 81.4 cm³/mol. The van der Waals surface area contributed by atoms with E-state index in [-0.39, 0.29) is 18.3 Å². The molecule has 2 rings (SSSR count). The first kappa shape index (κ1) is 16.4. The average Bonchev–Trinajstić information content (AvgIpc) is 2.78. The smallest absolute Gasteiger partial charge is 0.214 e. The number of rotatable bonds is 6. The van der Waals surface area contributed by atoms with Crippen molar-refractivity contribution in [3.8, 4) is 0 Å². The summed E-state index contributed by atoms with van der Waals surface area (Å²) >= 11 is 0. The molecule has 2 atom stereocenters. The largest absolute Gasteiger partial charge is 0.392 e. The molecule has 2 heterocycles. The fourth-order valence-corrected chi connectivity index (χ4v) is 4.40. The summed E-state index contributed by atoms with van der Waals surface area (Å²) in [5, 5.41) is 9.79. The minimum absolute atomic E-state index is 0.0284. The molecule has 6 nitrogen and oxygen atoms in total. The summed E-state index contributed by atoms with van der Waals surface area (Å²) in [6, 6.07) is 5.33. The number of nitrogens with zero attached hydrogens (tertiary/aromatic N) is 3. The summed E-state index contributed by atoms with van der Waals surface area (Å²) in [6.07, 6.45) is 1.99. The molecular weight excluding hydrogens is 290 g/mol. The lowest BCUT2D eigenvalue weighted by molar-refractivity contribution is 0.188. The molecule has 0 aliphatic carbocycles. The number of pyridine rings is 1. The molecule has 21 heavy (non-hydrogen) atoms. The molecule has 0 bridgehead atoms. The first-order valence-electron chi connectivity index (χ1n) is 7.10. The maximum Gasteiger partial charge on any atom is 0.214 e. The Labute approximate surface area is 126 Å². The highest BCUT2D eigenvalue weighted by molar-refractivity contribution is 7.89. The number of β-amino-alcohol motifs (C(OH)–C–C–N with tert-alkyl or cyclic N) is 1. The van der Waals surface area contributed by atoms with E-state index in [0.717, 1.165) is 5.69 Å². The highest BCUT2D eigenvalue weighted by Crippen LogP contribution is 2.22. The Kier molecular flexibility index (Phi) is 5.32. The molecule has 1 aliphatic rings. The second kappa shape index (κ2) is 6.83. The van der Waals surface area contributed by atoms with Crippen LogP contribution >= 0.6 is 0 Å². The van der Waals surface area contributed by atoms with Crippen molar-refractivity contribution < 1.29 is 13.5 Å². The van der Waals surface area contributed by atoms with Crippen LogP contribution < -0.4 is 0 Å². The summed E-state index contributed by atoms with van der Waals surface area (Å²) in [4.78, 5) is 6.10. The predicted octanol–water partition coefficient (Wildman–Crippen LogP) is -0.0493. The maximum atomic E-state index is 12.5. The van der Waals surface area contributed by atoms with E-state index >= 15 is 0 Å². The van der Waals surface area contributed by atoms with Crippen LogP contribution in [0.1, 0.15) is 12.1 Å². The fourth-order valence-electron chi connectivity index (χ4n) is 2.69. The summed E-state index contributed by atoms with van der Waals surface area (Å²) in [6.45, 7) is 0.822. The minimum atomic E-state index is -3.38. The molecule has 118 valence electrons. The molecule has 0 amide bonds. The maximum absolute atomic E-state index is 12.5. The van der Waals surface area contributed by atoms with Crippen LogP contribution in [0.5, 0.6) is 0 Å². The van der Waals surface area contributed by atoms with Gasteiger partial charge >= 0.3 is 0 Å². The van der Waals surface area contributed by atoms with Crippen LogP contribution in [0, 0.1) is 0 Å². The van der Waals surface area contributed by atoms with Crippen LogP contribution in [-0.2, 0) is 16.4 Å². The Bertz CT molecular complexity index is 548. The third kappa shape index (κ3) is 4.47. The summed E-state index contributed by atoms with van der Waals surface area (Å²) in [5.41, 5.74) is 0.768. The standard InChI is InChI=1S/C14H23N3O3S/c1-16(2)10-13-9-14(18)11-17(13)21(19,20)8-6-12-5-3-4-7-15-12/h3-5,7,13-14,18H,6,8-11H2,1-2H3. The number of aliphatic hydroxyl groups excluding tert-OH is 1. The van der Waals surface area contributed by atoms with Gasteiger partial charge in [0.15, 0.2) is 0 Å². The Hall–Kier alpha value is -1.02. The number of aliphatic hydroxyl groups is 1. The van der Waals surface area contributed by atoms with Crippen LogP contribution in [-0.4, -0.2) is 72.8 Å². The minimum Gasteiger partial charge on any atom is -0.392 e. The Balaban J connectivity index is 2.03. The van der Waals surface area contributed by atoms with Crippen LogP contribution in [0.4, 0.5) is 0 Å². The van der Waals surface area contributed by atoms with Crippen molar-refractivity contribution >= 4 is 10.0 Å². The van der Waals surface area contributed by atoms with Gasteiger partial charge in [0.2, 0.25) is 10.0 Å². The van der Waals surface area contributed by atoms with Gasteiger partial charge in [-0.2, -0.15) is 4.31 Å². The molecule has 1 aromatic rings. The Morgan fingerprint density at radius 3 is 2.81 bits per heavy atom. The fraction of sp³-hybridized carbons (Fsp3) is 0.643. The van der Waals surface area contributed by atoms with Crippen molar-refractivity contribution in [1.82, 2.24) is 14.2 Å². The number of hydrogen-bond donors (Lipinski definition) is 1. The van der Waals surface area contributed by atoms with Crippen molar-refractivity contribution in [2.45, 2.75) is 25.0 Å². The third-order valence-corrected chi connectivity index (χ3v) is 5.50. The van der Waals surface area contributed by atoms with Gasteiger partial charge in [0.1, 0.15) is 0 Å². The monoisotopic (exact) mass is 313 g/mol. The van der Waals surface area contributed by atoms with Gasteiger partial charge in [-0.1, -0.05) is 6.07 Å². The van der Waals surface area contributed by atoms with Crippen LogP contribution in [0.25, 0.3) is 0 Å². The number of likely N-dealkylation sites (N-methyl/N-ethyl adjacent to an activating group) is 1. The molecule has 1 N–H and O–H groups in total. The van der Waals surface area contributed by atoms with E-state index in [2.05, 4.69) is 4.98 Å². The van der Waals surface area contributed by atoms with E-state index in [1.54, 1.807) is 6.20 Å². The summed E-state index contributed by atoms with van der Waals surface area (Å²) in [7, 11) is 0.433. The van der Waals surface area contributed by atoms with Crippen LogP contribution in [0.3, 0.4) is 0 Å². The quantitative estimate of drug-likeness (QED) is 0.797. The van der Waals surface area contributed by atoms with Crippen molar-refractivity contribution in [2.24, 2.45) is 0 Å². The molecule has 1 aliphatic heterocycles. The SMILES string of the molecule is CN(C)CC1CC(O)CN1S(=O)(=O)CCc1ccccn1. The number of aromatic nitrogens is 1. The number of hydrogen-bond acceptors (Lipinski definition) is 5. The Morgan fingerprint density at radius 1 is 1.43 bits per heavy atom.